The minimum atomic E-state index is 0. The molecule has 0 aromatic heterocycles. The van der Waals surface area contributed by atoms with E-state index in [9.17, 15) is 0 Å². The number of benzene rings is 1. The van der Waals surface area contributed by atoms with Crippen LogP contribution in [0.3, 0.4) is 0 Å². The van der Waals surface area contributed by atoms with Gasteiger partial charge in [-0.15, -0.1) is 24.0 Å². The van der Waals surface area contributed by atoms with Gasteiger partial charge in [0.05, 0.1) is 6.54 Å². The predicted octanol–water partition coefficient (Wildman–Crippen LogP) is 3.65. The maximum absolute atomic E-state index is 6.07. The molecular weight excluding hydrogens is 385 g/mol. The molecule has 0 heterocycles. The summed E-state index contributed by atoms with van der Waals surface area (Å²) in [5.41, 5.74) is 7.49. The first-order valence-corrected chi connectivity index (χ1v) is 7.30. The van der Waals surface area contributed by atoms with E-state index < -0.39 is 0 Å². The molecule has 0 unspecified atom stereocenters. The van der Waals surface area contributed by atoms with Crippen molar-refractivity contribution in [2.75, 3.05) is 19.6 Å². The summed E-state index contributed by atoms with van der Waals surface area (Å²) in [5.74, 6) is 0.651. The highest BCUT2D eigenvalue weighted by Crippen LogP contribution is 2.48. The van der Waals surface area contributed by atoms with Gasteiger partial charge in [-0.25, -0.2) is 0 Å². The molecule has 0 aliphatic heterocycles. The Hall–Kier alpha value is -0.490. The van der Waals surface area contributed by atoms with Crippen LogP contribution >= 0.6 is 35.6 Å². The van der Waals surface area contributed by atoms with E-state index in [1.165, 1.54) is 18.4 Å². The quantitative estimate of drug-likeness (QED) is 0.460. The van der Waals surface area contributed by atoms with Crippen molar-refractivity contribution in [1.82, 2.24) is 4.90 Å². The van der Waals surface area contributed by atoms with Crippen molar-refractivity contribution in [2.45, 2.75) is 32.1 Å². The van der Waals surface area contributed by atoms with E-state index in [0.717, 1.165) is 24.7 Å². The van der Waals surface area contributed by atoms with Gasteiger partial charge in [0.25, 0.3) is 0 Å². The van der Waals surface area contributed by atoms with Crippen LogP contribution in [0.15, 0.2) is 29.3 Å². The standard InChI is InChI=1S/C15H22ClN3.HI/c1-3-19(4-2)14(17)18-11-15(8-9-15)12-6-5-7-13(16)10-12;/h5-7,10H,3-4,8-9,11H2,1-2H3,(H2,17,18);1H. The van der Waals surface area contributed by atoms with E-state index in [4.69, 9.17) is 17.3 Å². The minimum Gasteiger partial charge on any atom is -0.370 e. The van der Waals surface area contributed by atoms with Gasteiger partial charge >= 0.3 is 0 Å². The van der Waals surface area contributed by atoms with E-state index in [2.05, 4.69) is 35.9 Å². The molecular formula is C15H23ClIN3. The highest BCUT2D eigenvalue weighted by atomic mass is 127. The smallest absolute Gasteiger partial charge is 0.191 e. The molecule has 0 bridgehead atoms. The Bertz CT molecular complexity index is 468. The Kier molecular flexibility index (Phi) is 6.58. The lowest BCUT2D eigenvalue weighted by Gasteiger charge is -2.21. The number of hydrogen-bond donors (Lipinski definition) is 1. The second-order valence-corrected chi connectivity index (χ2v) is 5.57. The molecule has 1 aromatic rings. The van der Waals surface area contributed by atoms with Crippen LogP contribution in [-0.2, 0) is 5.41 Å². The largest absolute Gasteiger partial charge is 0.370 e. The molecule has 2 N–H and O–H groups in total. The maximum atomic E-state index is 6.07. The fourth-order valence-corrected chi connectivity index (χ4v) is 2.58. The zero-order valence-corrected chi connectivity index (χ0v) is 15.2. The first-order valence-electron chi connectivity index (χ1n) is 6.92. The first-order chi connectivity index (χ1) is 9.11. The lowest BCUT2D eigenvalue weighted by molar-refractivity contribution is 0.456. The van der Waals surface area contributed by atoms with Crippen LogP contribution in [0.4, 0.5) is 0 Å². The molecule has 5 heteroatoms. The average molecular weight is 408 g/mol. The van der Waals surface area contributed by atoms with Crippen molar-refractivity contribution < 1.29 is 0 Å². The Labute approximate surface area is 143 Å². The van der Waals surface area contributed by atoms with E-state index in [1.807, 2.05) is 12.1 Å². The third-order valence-electron chi connectivity index (χ3n) is 3.92. The number of guanidine groups is 1. The molecule has 1 fully saturated rings. The maximum Gasteiger partial charge on any atom is 0.191 e. The van der Waals surface area contributed by atoms with Gasteiger partial charge in [0.2, 0.25) is 0 Å². The molecule has 3 nitrogen and oxygen atoms in total. The van der Waals surface area contributed by atoms with Crippen LogP contribution in [0.25, 0.3) is 0 Å². The summed E-state index contributed by atoms with van der Waals surface area (Å²) < 4.78 is 0. The van der Waals surface area contributed by atoms with Crippen molar-refractivity contribution in [1.29, 1.82) is 0 Å². The van der Waals surface area contributed by atoms with Gasteiger partial charge in [-0.05, 0) is 44.4 Å². The number of hydrogen-bond acceptors (Lipinski definition) is 1. The van der Waals surface area contributed by atoms with Crippen molar-refractivity contribution in [2.24, 2.45) is 10.7 Å². The summed E-state index contributed by atoms with van der Waals surface area (Å²) in [5, 5.41) is 0.796. The molecule has 0 radical (unpaired) electrons. The van der Waals surface area contributed by atoms with Crippen molar-refractivity contribution in [3.8, 4) is 0 Å². The first kappa shape index (κ1) is 17.6. The van der Waals surface area contributed by atoms with E-state index in [-0.39, 0.29) is 29.4 Å². The second-order valence-electron chi connectivity index (χ2n) is 5.14. The Morgan fingerprint density at radius 1 is 1.35 bits per heavy atom. The lowest BCUT2D eigenvalue weighted by atomic mass is 9.96. The Balaban J connectivity index is 0.00000200. The number of aliphatic imine (C=N–C) groups is 1. The molecule has 1 saturated carbocycles. The summed E-state index contributed by atoms with van der Waals surface area (Å²) >= 11 is 6.07. The predicted molar refractivity (Wildman–Crippen MR) is 97.2 cm³/mol. The number of halogens is 2. The molecule has 0 amide bonds. The summed E-state index contributed by atoms with van der Waals surface area (Å²) in [6, 6.07) is 8.11. The second kappa shape index (κ2) is 7.50. The van der Waals surface area contributed by atoms with Crippen LogP contribution in [0.1, 0.15) is 32.3 Å². The molecule has 2 rings (SSSR count). The normalized spacial score (nSPS) is 16.4. The van der Waals surface area contributed by atoms with Gasteiger partial charge in [0, 0.05) is 23.5 Å². The third kappa shape index (κ3) is 4.01. The van der Waals surface area contributed by atoms with E-state index >= 15 is 0 Å². The number of nitrogens with zero attached hydrogens (tertiary/aromatic N) is 2. The monoisotopic (exact) mass is 407 g/mol. The molecule has 0 spiro atoms. The van der Waals surface area contributed by atoms with Gasteiger partial charge in [-0.2, -0.15) is 0 Å². The minimum absolute atomic E-state index is 0. The van der Waals surface area contributed by atoms with Crippen molar-refractivity contribution in [3.05, 3.63) is 34.9 Å². The average Bonchev–Trinajstić information content (AvgIpc) is 3.19. The van der Waals surface area contributed by atoms with Crippen molar-refractivity contribution >= 4 is 41.5 Å². The Morgan fingerprint density at radius 2 is 2.00 bits per heavy atom. The van der Waals surface area contributed by atoms with Crippen LogP contribution in [0, 0.1) is 0 Å². The lowest BCUT2D eigenvalue weighted by Crippen LogP contribution is -2.37. The highest BCUT2D eigenvalue weighted by molar-refractivity contribution is 14.0. The van der Waals surface area contributed by atoms with Gasteiger partial charge in [0.15, 0.2) is 5.96 Å². The molecule has 0 atom stereocenters. The molecule has 1 aliphatic rings. The van der Waals surface area contributed by atoms with Crippen LogP contribution in [0.2, 0.25) is 5.02 Å². The van der Waals surface area contributed by atoms with Gasteiger partial charge in [0.1, 0.15) is 0 Å². The number of nitrogens with two attached hydrogens (primary N) is 1. The van der Waals surface area contributed by atoms with Crippen LogP contribution in [0.5, 0.6) is 0 Å². The highest BCUT2D eigenvalue weighted by Gasteiger charge is 2.44. The molecule has 112 valence electrons. The van der Waals surface area contributed by atoms with E-state index in [1.54, 1.807) is 0 Å². The summed E-state index contributed by atoms with van der Waals surface area (Å²) in [6.07, 6.45) is 2.34. The number of rotatable bonds is 5. The van der Waals surface area contributed by atoms with Crippen LogP contribution in [-0.4, -0.2) is 30.5 Å². The van der Waals surface area contributed by atoms with Crippen LogP contribution < -0.4 is 5.73 Å². The fraction of sp³-hybridized carbons (Fsp3) is 0.533. The van der Waals surface area contributed by atoms with Gasteiger partial charge in [-0.3, -0.25) is 4.99 Å². The SMILES string of the molecule is CCN(CC)C(N)=NCC1(c2cccc(Cl)c2)CC1.I. The summed E-state index contributed by atoms with van der Waals surface area (Å²) in [6.45, 7) is 6.74. The third-order valence-corrected chi connectivity index (χ3v) is 4.16. The fourth-order valence-electron chi connectivity index (χ4n) is 2.39. The topological polar surface area (TPSA) is 41.6 Å². The molecule has 0 saturated heterocycles. The summed E-state index contributed by atoms with van der Waals surface area (Å²) in [7, 11) is 0. The Morgan fingerprint density at radius 3 is 2.50 bits per heavy atom. The van der Waals surface area contributed by atoms with E-state index in [0.29, 0.717) is 5.96 Å². The summed E-state index contributed by atoms with van der Waals surface area (Å²) in [4.78, 5) is 6.66. The zero-order valence-electron chi connectivity index (χ0n) is 12.1. The van der Waals surface area contributed by atoms with Gasteiger partial charge in [-0.1, -0.05) is 23.7 Å². The van der Waals surface area contributed by atoms with Crippen molar-refractivity contribution in [3.63, 3.8) is 0 Å². The molecule has 20 heavy (non-hydrogen) atoms. The zero-order chi connectivity index (χ0) is 13.9. The molecule has 1 aromatic carbocycles. The molecule has 1 aliphatic carbocycles. The van der Waals surface area contributed by atoms with Gasteiger partial charge < -0.3 is 10.6 Å².